The van der Waals surface area contributed by atoms with Crippen LogP contribution in [-0.2, 0) is 13.7 Å². The van der Waals surface area contributed by atoms with E-state index in [1.807, 2.05) is 42.2 Å². The summed E-state index contributed by atoms with van der Waals surface area (Å²) >= 11 is 0. The fraction of sp³-hybridized carbons (Fsp3) is 0.0952. The van der Waals surface area contributed by atoms with E-state index in [2.05, 4.69) is 23.3 Å². The second kappa shape index (κ2) is 6.40. The zero-order valence-corrected chi connectivity index (χ0v) is 13.8. The summed E-state index contributed by atoms with van der Waals surface area (Å²) in [5, 5.41) is 5.38. The Bertz CT molecular complexity index is 1020. The maximum absolute atomic E-state index is 13.0. The second-order valence-electron chi connectivity index (χ2n) is 5.95. The molecular weight excluding hydrogens is 315 g/mol. The number of nitrogens with zero attached hydrogens (tertiary/aromatic N) is 2. The van der Waals surface area contributed by atoms with Crippen LogP contribution in [0.4, 0.5) is 4.39 Å². The van der Waals surface area contributed by atoms with E-state index < -0.39 is 0 Å². The van der Waals surface area contributed by atoms with Gasteiger partial charge in [-0.3, -0.25) is 4.68 Å². The zero-order chi connectivity index (χ0) is 17.2. The highest BCUT2D eigenvalue weighted by Crippen LogP contribution is 2.32. The van der Waals surface area contributed by atoms with Crippen molar-refractivity contribution in [3.8, 4) is 16.9 Å². The highest BCUT2D eigenvalue weighted by Gasteiger charge is 2.08. The van der Waals surface area contributed by atoms with E-state index in [1.54, 1.807) is 12.1 Å². The Morgan fingerprint density at radius 3 is 2.64 bits per heavy atom. The highest BCUT2D eigenvalue weighted by atomic mass is 19.1. The van der Waals surface area contributed by atoms with E-state index >= 15 is 0 Å². The average Bonchev–Trinajstić information content (AvgIpc) is 3.02. The van der Waals surface area contributed by atoms with Crippen molar-refractivity contribution in [3.63, 3.8) is 0 Å². The summed E-state index contributed by atoms with van der Waals surface area (Å²) in [6.45, 7) is 0.395. The van der Waals surface area contributed by atoms with Crippen LogP contribution in [0.5, 0.6) is 5.75 Å². The van der Waals surface area contributed by atoms with Gasteiger partial charge < -0.3 is 4.74 Å². The van der Waals surface area contributed by atoms with Gasteiger partial charge in [-0.1, -0.05) is 36.4 Å². The predicted octanol–water partition coefficient (Wildman–Crippen LogP) is 4.96. The van der Waals surface area contributed by atoms with E-state index in [0.29, 0.717) is 6.61 Å². The normalized spacial score (nSPS) is 11.0. The van der Waals surface area contributed by atoms with Gasteiger partial charge in [0, 0.05) is 18.0 Å². The van der Waals surface area contributed by atoms with Crippen molar-refractivity contribution in [3.05, 3.63) is 84.3 Å². The lowest BCUT2D eigenvalue weighted by atomic mass is 10.0. The third kappa shape index (κ3) is 3.11. The van der Waals surface area contributed by atoms with Crippen LogP contribution >= 0.6 is 0 Å². The number of benzene rings is 3. The predicted molar refractivity (Wildman–Crippen MR) is 96.9 cm³/mol. The van der Waals surface area contributed by atoms with Crippen LogP contribution in [-0.4, -0.2) is 9.78 Å². The number of para-hydroxylation sites is 1. The number of hydrogen-bond acceptors (Lipinski definition) is 2. The maximum atomic E-state index is 13.0. The summed E-state index contributed by atoms with van der Waals surface area (Å²) in [7, 11) is 1.93. The standard InChI is InChI=1S/C21H17FN2O/c1-24-20-11-8-16(12-17(20)13-23-24)19-4-2-3-5-21(19)25-14-15-6-9-18(22)10-7-15/h2-13H,14H2,1H3. The number of ether oxygens (including phenoxy) is 1. The van der Waals surface area contributed by atoms with Crippen molar-refractivity contribution in [2.45, 2.75) is 6.61 Å². The van der Waals surface area contributed by atoms with Gasteiger partial charge in [-0.2, -0.15) is 5.10 Å². The van der Waals surface area contributed by atoms with Crippen LogP contribution in [0.3, 0.4) is 0 Å². The Morgan fingerprint density at radius 1 is 1.00 bits per heavy atom. The molecular formula is C21H17FN2O. The minimum Gasteiger partial charge on any atom is -0.488 e. The lowest BCUT2D eigenvalue weighted by Gasteiger charge is -2.12. The summed E-state index contributed by atoms with van der Waals surface area (Å²) in [6.07, 6.45) is 1.86. The fourth-order valence-electron chi connectivity index (χ4n) is 2.90. The fourth-order valence-corrected chi connectivity index (χ4v) is 2.90. The van der Waals surface area contributed by atoms with Gasteiger partial charge in [0.2, 0.25) is 0 Å². The summed E-state index contributed by atoms with van der Waals surface area (Å²) in [5.74, 6) is 0.559. The molecule has 0 aliphatic carbocycles. The summed E-state index contributed by atoms with van der Waals surface area (Å²) in [5.41, 5.74) is 4.12. The Balaban J connectivity index is 1.64. The SMILES string of the molecule is Cn1ncc2cc(-c3ccccc3OCc3ccc(F)cc3)ccc21. The number of aromatic nitrogens is 2. The van der Waals surface area contributed by atoms with Crippen molar-refractivity contribution >= 4 is 10.9 Å². The molecule has 4 rings (SSSR count). The Kier molecular flexibility index (Phi) is 3.94. The first-order valence-electron chi connectivity index (χ1n) is 8.09. The molecule has 0 spiro atoms. The van der Waals surface area contributed by atoms with Gasteiger partial charge in [-0.25, -0.2) is 4.39 Å². The lowest BCUT2D eigenvalue weighted by molar-refractivity contribution is 0.307. The topological polar surface area (TPSA) is 27.1 Å². The molecule has 3 nitrogen and oxygen atoms in total. The van der Waals surface area contributed by atoms with Crippen molar-refractivity contribution in [2.75, 3.05) is 0 Å². The van der Waals surface area contributed by atoms with E-state index in [0.717, 1.165) is 33.3 Å². The van der Waals surface area contributed by atoms with Crippen LogP contribution in [0.25, 0.3) is 22.0 Å². The molecule has 0 saturated carbocycles. The summed E-state index contributed by atoms with van der Waals surface area (Å²) in [4.78, 5) is 0. The third-order valence-electron chi connectivity index (χ3n) is 4.25. The van der Waals surface area contributed by atoms with Gasteiger partial charge in [0.05, 0.1) is 11.7 Å². The van der Waals surface area contributed by atoms with Gasteiger partial charge in [0.25, 0.3) is 0 Å². The highest BCUT2D eigenvalue weighted by molar-refractivity contribution is 5.85. The van der Waals surface area contributed by atoms with Crippen LogP contribution in [0.1, 0.15) is 5.56 Å². The maximum Gasteiger partial charge on any atom is 0.127 e. The molecule has 0 N–H and O–H groups in total. The first-order valence-corrected chi connectivity index (χ1v) is 8.09. The molecule has 0 aliphatic heterocycles. The zero-order valence-electron chi connectivity index (χ0n) is 13.8. The molecule has 1 heterocycles. The van der Waals surface area contributed by atoms with Crippen LogP contribution < -0.4 is 4.74 Å². The molecule has 0 atom stereocenters. The van der Waals surface area contributed by atoms with Crippen LogP contribution in [0.15, 0.2) is 72.9 Å². The van der Waals surface area contributed by atoms with Gasteiger partial charge >= 0.3 is 0 Å². The first-order chi connectivity index (χ1) is 12.2. The van der Waals surface area contributed by atoms with Crippen LogP contribution in [0.2, 0.25) is 0 Å². The molecule has 0 unspecified atom stereocenters. The minimum atomic E-state index is -0.242. The lowest BCUT2D eigenvalue weighted by Crippen LogP contribution is -1.97. The van der Waals surface area contributed by atoms with Gasteiger partial charge in [0.15, 0.2) is 0 Å². The number of aryl methyl sites for hydroxylation is 1. The molecule has 25 heavy (non-hydrogen) atoms. The van der Waals surface area contributed by atoms with Crippen molar-refractivity contribution in [1.29, 1.82) is 0 Å². The monoisotopic (exact) mass is 332 g/mol. The van der Waals surface area contributed by atoms with Gasteiger partial charge in [-0.15, -0.1) is 0 Å². The summed E-state index contributed by atoms with van der Waals surface area (Å²) < 4.78 is 20.9. The molecule has 1 aromatic heterocycles. The largest absolute Gasteiger partial charge is 0.488 e. The Morgan fingerprint density at radius 2 is 1.80 bits per heavy atom. The molecule has 0 radical (unpaired) electrons. The molecule has 4 heteroatoms. The van der Waals surface area contributed by atoms with Gasteiger partial charge in [-0.05, 0) is 41.5 Å². The minimum absolute atomic E-state index is 0.242. The van der Waals surface area contributed by atoms with Gasteiger partial charge in [0.1, 0.15) is 18.2 Å². The van der Waals surface area contributed by atoms with Crippen molar-refractivity contribution in [1.82, 2.24) is 9.78 Å². The number of fused-ring (bicyclic) bond motifs is 1. The Labute approximate surface area is 145 Å². The van der Waals surface area contributed by atoms with Crippen LogP contribution in [0, 0.1) is 5.82 Å². The molecule has 0 amide bonds. The van der Waals surface area contributed by atoms with E-state index in [4.69, 9.17) is 4.74 Å². The van der Waals surface area contributed by atoms with E-state index in [1.165, 1.54) is 12.1 Å². The van der Waals surface area contributed by atoms with Crippen molar-refractivity contribution < 1.29 is 9.13 Å². The first kappa shape index (κ1) is 15.4. The van der Waals surface area contributed by atoms with E-state index in [9.17, 15) is 4.39 Å². The summed E-state index contributed by atoms with van der Waals surface area (Å²) in [6, 6.07) is 20.5. The number of rotatable bonds is 4. The molecule has 3 aromatic carbocycles. The second-order valence-corrected chi connectivity index (χ2v) is 5.95. The van der Waals surface area contributed by atoms with E-state index in [-0.39, 0.29) is 5.82 Å². The third-order valence-corrected chi connectivity index (χ3v) is 4.25. The smallest absolute Gasteiger partial charge is 0.127 e. The molecule has 0 fully saturated rings. The molecule has 0 saturated heterocycles. The average molecular weight is 332 g/mol. The quantitative estimate of drug-likeness (QED) is 0.528. The molecule has 0 aliphatic rings. The molecule has 4 aromatic rings. The number of hydrogen-bond donors (Lipinski definition) is 0. The Hall–Kier alpha value is -3.14. The molecule has 124 valence electrons. The number of halogens is 1. The molecule has 0 bridgehead atoms. The van der Waals surface area contributed by atoms with Crippen molar-refractivity contribution in [2.24, 2.45) is 7.05 Å².